The molecule has 0 aromatic heterocycles. The maximum Gasteiger partial charge on any atom is 0.432 e. The Hall–Kier alpha value is -3.62. The lowest BCUT2D eigenvalue weighted by Gasteiger charge is -2.20. The van der Waals surface area contributed by atoms with Gasteiger partial charge in [-0.15, -0.1) is 0 Å². The van der Waals surface area contributed by atoms with Crippen LogP contribution in [0.15, 0.2) is 54.6 Å². The molecule has 0 amide bonds. The zero-order valence-electron chi connectivity index (χ0n) is 17.3. The van der Waals surface area contributed by atoms with E-state index in [0.717, 1.165) is 36.4 Å². The van der Waals surface area contributed by atoms with Gasteiger partial charge in [0.25, 0.3) is 0 Å². The lowest BCUT2D eigenvalue weighted by atomic mass is 10.00. The molecule has 0 saturated carbocycles. The number of hydrogen-bond donors (Lipinski definition) is 0. The van der Waals surface area contributed by atoms with Crippen molar-refractivity contribution in [3.8, 4) is 16.9 Å². The zero-order chi connectivity index (χ0) is 24.8. The maximum atomic E-state index is 14.7. The summed E-state index contributed by atoms with van der Waals surface area (Å²) >= 11 is 0. The van der Waals surface area contributed by atoms with E-state index in [2.05, 4.69) is 4.74 Å². The van der Waals surface area contributed by atoms with E-state index >= 15 is 0 Å². The van der Waals surface area contributed by atoms with Crippen LogP contribution in [-0.4, -0.2) is 0 Å². The van der Waals surface area contributed by atoms with Gasteiger partial charge in [0, 0.05) is 17.0 Å². The SMILES string of the molecule is CCc1cc(F)c(C(F)(F)Oc2ccc(-c3ccc4c(F)c(F)c(F)cc4c3)c(F)c2)c(F)c1. The van der Waals surface area contributed by atoms with Crippen molar-refractivity contribution in [2.75, 3.05) is 0 Å². The number of aryl methyl sites for hydroxylation is 1. The highest BCUT2D eigenvalue weighted by Gasteiger charge is 2.41. The topological polar surface area (TPSA) is 9.23 Å². The van der Waals surface area contributed by atoms with Crippen molar-refractivity contribution in [2.45, 2.75) is 19.5 Å². The second-order valence-corrected chi connectivity index (χ2v) is 7.47. The molecule has 0 spiro atoms. The van der Waals surface area contributed by atoms with E-state index in [0.29, 0.717) is 6.07 Å². The molecule has 4 aromatic carbocycles. The van der Waals surface area contributed by atoms with Crippen LogP contribution >= 0.6 is 0 Å². The summed E-state index contributed by atoms with van der Waals surface area (Å²) in [6.45, 7) is 1.59. The minimum absolute atomic E-state index is 0.0540. The number of halogens is 8. The smallest absolute Gasteiger partial charge is 0.429 e. The van der Waals surface area contributed by atoms with Crippen LogP contribution in [0, 0.1) is 34.9 Å². The molecule has 0 aliphatic heterocycles. The number of hydrogen-bond acceptors (Lipinski definition) is 1. The van der Waals surface area contributed by atoms with E-state index < -0.39 is 52.3 Å². The highest BCUT2D eigenvalue weighted by atomic mass is 19.3. The van der Waals surface area contributed by atoms with Crippen LogP contribution < -0.4 is 4.74 Å². The molecule has 0 heterocycles. The summed E-state index contributed by atoms with van der Waals surface area (Å²) in [5.41, 5.74) is -1.48. The average Bonchev–Trinajstić information content (AvgIpc) is 2.76. The van der Waals surface area contributed by atoms with E-state index in [1.807, 2.05) is 0 Å². The van der Waals surface area contributed by atoms with Crippen molar-refractivity contribution < 1.29 is 39.9 Å². The molecule has 0 N–H and O–H groups in total. The molecule has 0 fully saturated rings. The first kappa shape index (κ1) is 23.5. The number of fused-ring (bicyclic) bond motifs is 1. The third-order valence-corrected chi connectivity index (χ3v) is 5.27. The monoisotopic (exact) mass is 482 g/mol. The van der Waals surface area contributed by atoms with E-state index in [9.17, 15) is 35.1 Å². The van der Waals surface area contributed by atoms with Gasteiger partial charge < -0.3 is 4.74 Å². The summed E-state index contributed by atoms with van der Waals surface area (Å²) in [6.07, 6.45) is -4.23. The zero-order valence-corrected chi connectivity index (χ0v) is 17.3. The Morgan fingerprint density at radius 1 is 0.706 bits per heavy atom. The summed E-state index contributed by atoms with van der Waals surface area (Å²) in [5, 5.41) is -0.289. The van der Waals surface area contributed by atoms with Crippen LogP contribution in [0.25, 0.3) is 21.9 Å². The highest BCUT2D eigenvalue weighted by molar-refractivity contribution is 5.88. The normalized spacial score (nSPS) is 11.8. The Labute approximate surface area is 188 Å². The van der Waals surface area contributed by atoms with Crippen LogP contribution in [-0.2, 0) is 12.5 Å². The number of rotatable bonds is 5. The van der Waals surface area contributed by atoms with Gasteiger partial charge in [0.2, 0.25) is 0 Å². The first-order chi connectivity index (χ1) is 16.0. The van der Waals surface area contributed by atoms with Crippen LogP contribution in [0.5, 0.6) is 5.75 Å². The number of benzene rings is 4. The fraction of sp³-hybridized carbons (Fsp3) is 0.120. The molecule has 0 saturated heterocycles. The van der Waals surface area contributed by atoms with Crippen molar-refractivity contribution in [1.82, 2.24) is 0 Å². The van der Waals surface area contributed by atoms with E-state index in [1.54, 1.807) is 6.92 Å². The van der Waals surface area contributed by atoms with Crippen molar-refractivity contribution >= 4 is 10.8 Å². The quantitative estimate of drug-likeness (QED) is 0.207. The molecule has 176 valence electrons. The number of alkyl halides is 2. The minimum Gasteiger partial charge on any atom is -0.429 e. The van der Waals surface area contributed by atoms with Gasteiger partial charge in [-0.2, -0.15) is 8.78 Å². The standard InChI is InChI=1S/C25H14F8O/c1-2-12-7-19(27)22(20(28)8-12)25(32,33)34-15-4-6-16(18(26)11-15)13-3-5-17-14(9-13)10-21(29)24(31)23(17)30/h3-11H,2H2,1H3. The van der Waals surface area contributed by atoms with Crippen LogP contribution in [0.2, 0.25) is 0 Å². The van der Waals surface area contributed by atoms with Crippen molar-refractivity contribution in [3.63, 3.8) is 0 Å². The molecule has 0 radical (unpaired) electrons. The van der Waals surface area contributed by atoms with Gasteiger partial charge in [0.15, 0.2) is 17.5 Å². The van der Waals surface area contributed by atoms with Crippen molar-refractivity contribution in [2.24, 2.45) is 0 Å². The van der Waals surface area contributed by atoms with Crippen molar-refractivity contribution in [3.05, 3.63) is 101 Å². The van der Waals surface area contributed by atoms with Gasteiger partial charge in [-0.1, -0.05) is 19.1 Å². The maximum absolute atomic E-state index is 14.7. The summed E-state index contributed by atoms with van der Waals surface area (Å²) < 4.78 is 117. The highest BCUT2D eigenvalue weighted by Crippen LogP contribution is 2.37. The molecular formula is C25H14F8O. The summed E-state index contributed by atoms with van der Waals surface area (Å²) in [6, 6.07) is 8.36. The lowest BCUT2D eigenvalue weighted by molar-refractivity contribution is -0.189. The second-order valence-electron chi connectivity index (χ2n) is 7.47. The molecule has 4 rings (SSSR count). The van der Waals surface area contributed by atoms with E-state index in [-0.39, 0.29) is 33.9 Å². The fourth-order valence-electron chi connectivity index (χ4n) is 3.57. The minimum atomic E-state index is -4.45. The Morgan fingerprint density at radius 2 is 1.38 bits per heavy atom. The Kier molecular flexibility index (Phi) is 5.97. The largest absolute Gasteiger partial charge is 0.432 e. The van der Waals surface area contributed by atoms with Crippen molar-refractivity contribution in [1.29, 1.82) is 0 Å². The molecule has 4 aromatic rings. The summed E-state index contributed by atoms with van der Waals surface area (Å²) in [5.74, 6) is -9.27. The Bertz CT molecular complexity index is 1390. The van der Waals surface area contributed by atoms with Gasteiger partial charge >= 0.3 is 6.11 Å². The van der Waals surface area contributed by atoms with Crippen LogP contribution in [0.1, 0.15) is 18.1 Å². The average molecular weight is 482 g/mol. The second kappa shape index (κ2) is 8.62. The van der Waals surface area contributed by atoms with Gasteiger partial charge in [0.1, 0.15) is 28.8 Å². The van der Waals surface area contributed by atoms with Gasteiger partial charge in [-0.25, -0.2) is 26.3 Å². The van der Waals surface area contributed by atoms with Crippen LogP contribution in [0.3, 0.4) is 0 Å². The summed E-state index contributed by atoms with van der Waals surface area (Å²) in [7, 11) is 0. The lowest BCUT2D eigenvalue weighted by Crippen LogP contribution is -2.25. The van der Waals surface area contributed by atoms with Gasteiger partial charge in [-0.3, -0.25) is 0 Å². The molecule has 0 aliphatic carbocycles. The van der Waals surface area contributed by atoms with E-state index in [4.69, 9.17) is 0 Å². The van der Waals surface area contributed by atoms with E-state index in [1.165, 1.54) is 12.1 Å². The molecule has 0 bridgehead atoms. The predicted octanol–water partition coefficient (Wildman–Crippen LogP) is 8.03. The summed E-state index contributed by atoms with van der Waals surface area (Å²) in [4.78, 5) is 0. The van der Waals surface area contributed by atoms with Crippen LogP contribution in [0.4, 0.5) is 35.1 Å². The third-order valence-electron chi connectivity index (χ3n) is 5.27. The predicted molar refractivity (Wildman–Crippen MR) is 109 cm³/mol. The molecule has 1 nitrogen and oxygen atoms in total. The Morgan fingerprint density at radius 3 is 2.00 bits per heavy atom. The van der Waals surface area contributed by atoms with Gasteiger partial charge in [-0.05, 0) is 59.3 Å². The third kappa shape index (κ3) is 4.18. The van der Waals surface area contributed by atoms with Gasteiger partial charge in [0.05, 0.1) is 0 Å². The molecule has 0 atom stereocenters. The first-order valence-corrected chi connectivity index (χ1v) is 9.94. The molecule has 34 heavy (non-hydrogen) atoms. The molecule has 0 aliphatic rings. The molecule has 0 unspecified atom stereocenters. The molecular weight excluding hydrogens is 468 g/mol. The fourth-order valence-corrected chi connectivity index (χ4v) is 3.57. The molecule has 9 heteroatoms. The number of ether oxygens (including phenoxy) is 1. The first-order valence-electron chi connectivity index (χ1n) is 9.94. The Balaban J connectivity index is 1.67.